The van der Waals surface area contributed by atoms with Crippen molar-refractivity contribution < 1.29 is 19.1 Å². The number of methoxy groups -OCH3 is 1. The zero-order valence-electron chi connectivity index (χ0n) is 10.9. The zero-order valence-corrected chi connectivity index (χ0v) is 10.9. The Balaban J connectivity index is 4.53. The minimum absolute atomic E-state index is 0.0108. The number of hydrogen-bond acceptors (Lipinski definition) is 4. The number of ether oxygens (including phenoxy) is 1. The molecule has 0 fully saturated rings. The van der Waals surface area contributed by atoms with Gasteiger partial charge in [-0.25, -0.2) is 4.79 Å². The Morgan fingerprint density at radius 2 is 1.88 bits per heavy atom. The Kier molecular flexibility index (Phi) is 7.18. The number of carbonyl (C=O) groups excluding carboxylic acids is 3. The van der Waals surface area contributed by atoms with Crippen LogP contribution in [0.3, 0.4) is 0 Å². The lowest BCUT2D eigenvalue weighted by Gasteiger charge is -2.22. The van der Waals surface area contributed by atoms with Gasteiger partial charge in [0, 0.05) is 0 Å². The molecule has 17 heavy (non-hydrogen) atoms. The van der Waals surface area contributed by atoms with Crippen LogP contribution in [0.5, 0.6) is 0 Å². The van der Waals surface area contributed by atoms with Gasteiger partial charge in [-0.1, -0.05) is 20.3 Å². The van der Waals surface area contributed by atoms with Gasteiger partial charge in [-0.2, -0.15) is 0 Å². The van der Waals surface area contributed by atoms with Crippen LogP contribution in [-0.2, 0) is 19.1 Å². The second kappa shape index (κ2) is 7.81. The van der Waals surface area contributed by atoms with Gasteiger partial charge in [0.1, 0.15) is 11.8 Å². The number of esters is 1. The Morgan fingerprint density at radius 1 is 1.29 bits per heavy atom. The second-order valence-electron chi connectivity index (χ2n) is 4.21. The van der Waals surface area contributed by atoms with Gasteiger partial charge in [0.15, 0.2) is 0 Å². The third kappa shape index (κ3) is 6.04. The van der Waals surface area contributed by atoms with E-state index in [0.29, 0.717) is 0 Å². The smallest absolute Gasteiger partial charge is 0.328 e. The first-order valence-corrected chi connectivity index (χ1v) is 5.79. The van der Waals surface area contributed by atoms with E-state index >= 15 is 0 Å². The number of nitrogens with one attached hydrogen (secondary N) is 1. The fraction of sp³-hybridized carbons (Fsp3) is 0.750. The Morgan fingerprint density at radius 3 is 2.29 bits per heavy atom. The molecule has 5 heteroatoms. The Bertz CT molecular complexity index is 288. The lowest BCUT2D eigenvalue weighted by molar-refractivity contribution is -0.147. The minimum atomic E-state index is -0.674. The average molecular weight is 243 g/mol. The van der Waals surface area contributed by atoms with E-state index in [1.54, 1.807) is 0 Å². The van der Waals surface area contributed by atoms with Gasteiger partial charge in [0.05, 0.1) is 13.5 Å². The van der Waals surface area contributed by atoms with Crippen LogP contribution in [-0.4, -0.2) is 30.8 Å². The van der Waals surface area contributed by atoms with E-state index in [4.69, 9.17) is 0 Å². The molecule has 1 N–H and O–H groups in total. The van der Waals surface area contributed by atoms with E-state index in [9.17, 15) is 14.4 Å². The van der Waals surface area contributed by atoms with Crippen LogP contribution in [0, 0.1) is 5.92 Å². The van der Waals surface area contributed by atoms with Gasteiger partial charge >= 0.3 is 5.97 Å². The van der Waals surface area contributed by atoms with Crippen molar-refractivity contribution in [2.24, 2.45) is 5.92 Å². The summed E-state index contributed by atoms with van der Waals surface area (Å²) in [4.78, 5) is 33.8. The van der Waals surface area contributed by atoms with Crippen LogP contribution >= 0.6 is 0 Å². The molecule has 0 saturated heterocycles. The molecule has 1 amide bonds. The van der Waals surface area contributed by atoms with Crippen molar-refractivity contribution in [3.8, 4) is 0 Å². The summed E-state index contributed by atoms with van der Waals surface area (Å²) in [5.41, 5.74) is 0. The molecule has 0 aromatic carbocycles. The lowest BCUT2D eigenvalue weighted by Crippen LogP contribution is -2.46. The Labute approximate surface area is 102 Å². The van der Waals surface area contributed by atoms with E-state index in [-0.39, 0.29) is 18.1 Å². The van der Waals surface area contributed by atoms with Crippen LogP contribution in [0.2, 0.25) is 0 Å². The van der Waals surface area contributed by atoms with Crippen LogP contribution < -0.4 is 5.32 Å². The molecule has 0 aliphatic carbocycles. The number of hydrogen-bond donors (Lipinski definition) is 1. The quantitative estimate of drug-likeness (QED) is 0.536. The highest BCUT2D eigenvalue weighted by Gasteiger charge is 2.27. The van der Waals surface area contributed by atoms with Gasteiger partial charge in [-0.05, 0) is 19.3 Å². The maximum absolute atomic E-state index is 11.5. The topological polar surface area (TPSA) is 72.5 Å². The predicted molar refractivity (Wildman–Crippen MR) is 63.3 cm³/mol. The molecule has 0 aromatic heterocycles. The van der Waals surface area contributed by atoms with Crippen molar-refractivity contribution in [2.75, 3.05) is 7.11 Å². The summed E-state index contributed by atoms with van der Waals surface area (Å²) < 4.78 is 4.65. The number of rotatable bonds is 7. The molecule has 98 valence electrons. The van der Waals surface area contributed by atoms with E-state index in [0.717, 1.165) is 12.8 Å². The molecule has 0 aliphatic rings. The monoisotopic (exact) mass is 243 g/mol. The average Bonchev–Trinajstić information content (AvgIpc) is 2.24. The molecule has 0 saturated carbocycles. The normalized spacial score (nSPS) is 13.6. The summed E-state index contributed by atoms with van der Waals surface area (Å²) in [5.74, 6) is -1.14. The highest BCUT2D eigenvalue weighted by Crippen LogP contribution is 2.12. The second-order valence-corrected chi connectivity index (χ2v) is 4.21. The van der Waals surface area contributed by atoms with E-state index in [1.165, 1.54) is 14.0 Å². The molecule has 0 radical (unpaired) electrons. The largest absolute Gasteiger partial charge is 0.467 e. The third-order valence-corrected chi connectivity index (χ3v) is 2.49. The molecule has 0 bridgehead atoms. The first-order chi connectivity index (χ1) is 7.92. The van der Waals surface area contributed by atoms with Crippen molar-refractivity contribution in [3.63, 3.8) is 0 Å². The highest BCUT2D eigenvalue weighted by atomic mass is 16.5. The van der Waals surface area contributed by atoms with Crippen molar-refractivity contribution in [1.29, 1.82) is 0 Å². The molecule has 0 spiro atoms. The molecule has 0 heterocycles. The van der Waals surface area contributed by atoms with Gasteiger partial charge in [0.25, 0.3) is 0 Å². The minimum Gasteiger partial charge on any atom is -0.467 e. The van der Waals surface area contributed by atoms with E-state index < -0.39 is 17.9 Å². The predicted octanol–water partition coefficient (Wildman–Crippen LogP) is 1.06. The number of ketones is 1. The molecule has 0 rings (SSSR count). The molecular weight excluding hydrogens is 222 g/mol. The first-order valence-electron chi connectivity index (χ1n) is 5.79. The fourth-order valence-corrected chi connectivity index (χ4v) is 1.63. The van der Waals surface area contributed by atoms with Crippen molar-refractivity contribution in [1.82, 2.24) is 5.32 Å². The SMILES string of the molecule is CCC[C@H](C)[C@H](NC(=O)CC(C)=O)C(=O)OC. The van der Waals surface area contributed by atoms with Crippen LogP contribution in [0.25, 0.3) is 0 Å². The summed E-state index contributed by atoms with van der Waals surface area (Å²) in [5, 5.41) is 2.55. The van der Waals surface area contributed by atoms with Gasteiger partial charge in [0.2, 0.25) is 5.91 Å². The summed E-state index contributed by atoms with van der Waals surface area (Å²) in [6.45, 7) is 5.21. The maximum atomic E-state index is 11.5. The standard InChI is InChI=1S/C12H21NO4/c1-5-6-8(2)11(12(16)17-4)13-10(15)7-9(3)14/h8,11H,5-7H2,1-4H3,(H,13,15)/t8-,11-/m0/s1. The van der Waals surface area contributed by atoms with Crippen molar-refractivity contribution in [2.45, 2.75) is 46.1 Å². The fourth-order valence-electron chi connectivity index (χ4n) is 1.63. The summed E-state index contributed by atoms with van der Waals surface area (Å²) >= 11 is 0. The summed E-state index contributed by atoms with van der Waals surface area (Å²) in [6.07, 6.45) is 1.52. The van der Waals surface area contributed by atoms with Crippen LogP contribution in [0.4, 0.5) is 0 Å². The number of amides is 1. The van der Waals surface area contributed by atoms with Crippen molar-refractivity contribution >= 4 is 17.7 Å². The molecular formula is C12H21NO4. The third-order valence-electron chi connectivity index (χ3n) is 2.49. The highest BCUT2D eigenvalue weighted by molar-refractivity contribution is 5.98. The molecule has 2 atom stereocenters. The molecule has 0 aliphatic heterocycles. The molecule has 5 nitrogen and oxygen atoms in total. The zero-order chi connectivity index (χ0) is 13.4. The molecule has 0 unspecified atom stereocenters. The Hall–Kier alpha value is -1.39. The van der Waals surface area contributed by atoms with Gasteiger partial charge in [-0.3, -0.25) is 9.59 Å². The summed E-state index contributed by atoms with van der Waals surface area (Å²) in [7, 11) is 1.28. The molecule has 0 aromatic rings. The number of Topliss-reactive ketones (excluding diaryl/α,β-unsaturated/α-hetero) is 1. The van der Waals surface area contributed by atoms with Crippen LogP contribution in [0.1, 0.15) is 40.0 Å². The maximum Gasteiger partial charge on any atom is 0.328 e. The lowest BCUT2D eigenvalue weighted by atomic mass is 9.96. The van der Waals surface area contributed by atoms with Gasteiger partial charge in [-0.15, -0.1) is 0 Å². The van der Waals surface area contributed by atoms with Crippen LogP contribution in [0.15, 0.2) is 0 Å². The summed E-state index contributed by atoms with van der Waals surface area (Å²) in [6, 6.07) is -0.674. The van der Waals surface area contributed by atoms with E-state index in [2.05, 4.69) is 10.1 Å². The van der Waals surface area contributed by atoms with E-state index in [1.807, 2.05) is 13.8 Å². The van der Waals surface area contributed by atoms with Crippen molar-refractivity contribution in [3.05, 3.63) is 0 Å². The number of carbonyl (C=O) groups is 3. The first kappa shape index (κ1) is 15.6. The van der Waals surface area contributed by atoms with Gasteiger partial charge < -0.3 is 10.1 Å².